The summed E-state index contributed by atoms with van der Waals surface area (Å²) in [6.07, 6.45) is 1.60. The molecule has 104 valence electrons. The number of aliphatic hydroxyl groups excluding tert-OH is 1. The van der Waals surface area contributed by atoms with Crippen molar-refractivity contribution in [3.8, 4) is 0 Å². The average Bonchev–Trinajstić information content (AvgIpc) is 2.67. The highest BCUT2D eigenvalue weighted by Gasteiger charge is 2.43. The van der Waals surface area contributed by atoms with E-state index < -0.39 is 12.2 Å². The average molecular weight is 369 g/mol. The third-order valence-corrected chi connectivity index (χ3v) is 4.46. The lowest BCUT2D eigenvalue weighted by molar-refractivity contribution is -0.210. The molecule has 0 amide bonds. The quantitative estimate of drug-likeness (QED) is 0.465. The normalized spacial score (nSPS) is 33.1. The predicted octanol–water partition coefficient (Wildman–Crippen LogP) is 1.80. The molecule has 3 atom stereocenters. The second kappa shape index (κ2) is 5.52. The molecule has 18 heavy (non-hydrogen) atoms. The van der Waals surface area contributed by atoms with E-state index in [1.807, 2.05) is 6.92 Å². The van der Waals surface area contributed by atoms with Crippen LogP contribution in [0.25, 0.3) is 0 Å². The summed E-state index contributed by atoms with van der Waals surface area (Å²) < 4.78 is 18.1. The third kappa shape index (κ3) is 2.92. The van der Waals surface area contributed by atoms with Crippen molar-refractivity contribution in [3.05, 3.63) is 11.5 Å². The SMILES string of the molecule is CN(C)C(O)OC1CCCC2=C1OC(C)(CI)O2. The highest BCUT2D eigenvalue weighted by Crippen LogP contribution is 2.41. The van der Waals surface area contributed by atoms with E-state index in [2.05, 4.69) is 22.6 Å². The van der Waals surface area contributed by atoms with Crippen LogP contribution in [0.4, 0.5) is 0 Å². The molecule has 0 saturated heterocycles. The van der Waals surface area contributed by atoms with Gasteiger partial charge in [0.15, 0.2) is 5.76 Å². The van der Waals surface area contributed by atoms with Gasteiger partial charge in [-0.3, -0.25) is 4.90 Å². The first kappa shape index (κ1) is 14.4. The molecule has 0 spiro atoms. The van der Waals surface area contributed by atoms with Crippen LogP contribution >= 0.6 is 22.6 Å². The maximum absolute atomic E-state index is 9.77. The molecule has 6 heteroatoms. The van der Waals surface area contributed by atoms with Crippen molar-refractivity contribution in [3.63, 3.8) is 0 Å². The highest BCUT2D eigenvalue weighted by atomic mass is 127. The molecule has 2 rings (SSSR count). The lowest BCUT2D eigenvalue weighted by Crippen LogP contribution is -2.36. The predicted molar refractivity (Wildman–Crippen MR) is 74.9 cm³/mol. The van der Waals surface area contributed by atoms with Crippen molar-refractivity contribution in [1.82, 2.24) is 4.90 Å². The molecule has 0 fully saturated rings. The fourth-order valence-electron chi connectivity index (χ4n) is 2.07. The molecule has 3 unspecified atom stereocenters. The second-order valence-corrected chi connectivity index (χ2v) is 5.83. The molecule has 0 aromatic carbocycles. The molecule has 1 aliphatic carbocycles. The Balaban J connectivity index is 2.07. The van der Waals surface area contributed by atoms with Crippen LogP contribution in [0.5, 0.6) is 0 Å². The number of rotatable bonds is 4. The number of ether oxygens (including phenoxy) is 3. The second-order valence-electron chi connectivity index (χ2n) is 5.07. The zero-order valence-corrected chi connectivity index (χ0v) is 13.1. The van der Waals surface area contributed by atoms with Gasteiger partial charge in [-0.2, -0.15) is 0 Å². The Morgan fingerprint density at radius 3 is 2.89 bits per heavy atom. The van der Waals surface area contributed by atoms with Gasteiger partial charge < -0.3 is 19.3 Å². The van der Waals surface area contributed by atoms with Crippen molar-refractivity contribution in [1.29, 1.82) is 0 Å². The number of allylic oxidation sites excluding steroid dienone is 1. The number of alkyl halides is 1. The van der Waals surface area contributed by atoms with Crippen molar-refractivity contribution in [2.75, 3.05) is 18.5 Å². The van der Waals surface area contributed by atoms with Gasteiger partial charge in [0.25, 0.3) is 5.79 Å². The molecule has 0 aromatic rings. The van der Waals surface area contributed by atoms with Crippen molar-refractivity contribution in [2.24, 2.45) is 0 Å². The molecule has 0 saturated carbocycles. The topological polar surface area (TPSA) is 51.2 Å². The first-order valence-electron chi connectivity index (χ1n) is 6.12. The van der Waals surface area contributed by atoms with Crippen LogP contribution < -0.4 is 0 Å². The van der Waals surface area contributed by atoms with E-state index in [-0.39, 0.29) is 6.10 Å². The van der Waals surface area contributed by atoms with Crippen LogP contribution in [0.2, 0.25) is 0 Å². The van der Waals surface area contributed by atoms with Gasteiger partial charge in [0, 0.05) is 13.3 Å². The van der Waals surface area contributed by atoms with Gasteiger partial charge in [-0.25, -0.2) is 0 Å². The van der Waals surface area contributed by atoms with Crippen LogP contribution in [0, 0.1) is 0 Å². The van der Waals surface area contributed by atoms with Crippen molar-refractivity contribution >= 4 is 22.6 Å². The number of halogens is 1. The maximum Gasteiger partial charge on any atom is 0.256 e. The Hall–Kier alpha value is -0.0500. The van der Waals surface area contributed by atoms with Crippen molar-refractivity contribution < 1.29 is 19.3 Å². The van der Waals surface area contributed by atoms with Crippen LogP contribution in [0.15, 0.2) is 11.5 Å². The Bertz CT molecular complexity index is 347. The third-order valence-electron chi connectivity index (χ3n) is 3.07. The molecule has 0 radical (unpaired) electrons. The van der Waals surface area contributed by atoms with Crippen molar-refractivity contribution in [2.45, 2.75) is 44.5 Å². The molecule has 2 aliphatic rings. The molecule has 0 bridgehead atoms. The van der Waals surface area contributed by atoms with Crippen LogP contribution in [-0.2, 0) is 14.2 Å². The molecule has 1 aliphatic heterocycles. The number of nitrogens with zero attached hydrogens (tertiary/aromatic N) is 1. The molecule has 0 aromatic heterocycles. The first-order chi connectivity index (χ1) is 8.45. The molecule has 5 nitrogen and oxygen atoms in total. The maximum atomic E-state index is 9.77. The number of aliphatic hydroxyl groups is 1. The van der Waals surface area contributed by atoms with E-state index in [1.54, 1.807) is 19.0 Å². The monoisotopic (exact) mass is 369 g/mol. The summed E-state index contributed by atoms with van der Waals surface area (Å²) in [5.41, 5.74) is 0. The zero-order valence-electron chi connectivity index (χ0n) is 11.0. The number of hydrogen-bond acceptors (Lipinski definition) is 5. The van der Waals surface area contributed by atoms with E-state index in [0.29, 0.717) is 0 Å². The molecular formula is C12H20INO4. The summed E-state index contributed by atoms with van der Waals surface area (Å²) in [4.78, 5) is 1.61. The summed E-state index contributed by atoms with van der Waals surface area (Å²) in [6.45, 7) is 1.93. The van der Waals surface area contributed by atoms with Gasteiger partial charge >= 0.3 is 0 Å². The zero-order chi connectivity index (χ0) is 13.3. The van der Waals surface area contributed by atoms with Crippen LogP contribution in [0.1, 0.15) is 26.2 Å². The summed E-state index contributed by atoms with van der Waals surface area (Å²) in [7, 11) is 3.54. The number of hydrogen-bond donors (Lipinski definition) is 1. The minimum atomic E-state index is -0.920. The van der Waals surface area contributed by atoms with Gasteiger partial charge in [0.2, 0.25) is 6.41 Å². The van der Waals surface area contributed by atoms with E-state index in [0.717, 1.165) is 35.2 Å². The summed E-state index contributed by atoms with van der Waals surface area (Å²) in [5, 5.41) is 9.77. The Kier molecular flexibility index (Phi) is 4.40. The molecular weight excluding hydrogens is 349 g/mol. The minimum absolute atomic E-state index is 0.212. The van der Waals surface area contributed by atoms with Crippen LogP contribution in [0.3, 0.4) is 0 Å². The van der Waals surface area contributed by atoms with E-state index >= 15 is 0 Å². The van der Waals surface area contributed by atoms with E-state index in [1.165, 1.54) is 0 Å². The summed E-state index contributed by atoms with van der Waals surface area (Å²) >= 11 is 2.25. The first-order valence-corrected chi connectivity index (χ1v) is 7.65. The Morgan fingerprint density at radius 1 is 1.56 bits per heavy atom. The summed E-state index contributed by atoms with van der Waals surface area (Å²) in [6, 6.07) is 0. The molecule has 1 N–H and O–H groups in total. The largest absolute Gasteiger partial charge is 0.453 e. The molecule has 1 heterocycles. The van der Waals surface area contributed by atoms with E-state index in [4.69, 9.17) is 14.2 Å². The van der Waals surface area contributed by atoms with Gasteiger partial charge in [0.05, 0.1) is 4.43 Å². The van der Waals surface area contributed by atoms with Gasteiger partial charge in [-0.15, -0.1) is 0 Å². The van der Waals surface area contributed by atoms with Gasteiger partial charge in [-0.05, 0) is 26.9 Å². The van der Waals surface area contributed by atoms with Gasteiger partial charge in [-0.1, -0.05) is 22.6 Å². The highest BCUT2D eigenvalue weighted by molar-refractivity contribution is 14.1. The van der Waals surface area contributed by atoms with E-state index in [9.17, 15) is 5.11 Å². The fraction of sp³-hybridized carbons (Fsp3) is 0.833. The lowest BCUT2D eigenvalue weighted by atomic mass is 10.0. The van der Waals surface area contributed by atoms with Gasteiger partial charge in [0.1, 0.15) is 11.9 Å². The van der Waals surface area contributed by atoms with Crippen LogP contribution in [-0.4, -0.2) is 46.8 Å². The Labute approximate surface area is 121 Å². The lowest BCUT2D eigenvalue weighted by Gasteiger charge is -2.28. The minimum Gasteiger partial charge on any atom is -0.453 e. The standard InChI is InChI=1S/C12H20INO4/c1-12(7-13)17-9-6-4-5-8(10(9)18-12)16-11(15)14(2)3/h8,11,15H,4-7H2,1-3H3. The Morgan fingerprint density at radius 2 is 2.28 bits per heavy atom. The fourth-order valence-corrected chi connectivity index (χ4v) is 2.38. The smallest absolute Gasteiger partial charge is 0.256 e. The summed E-state index contributed by atoms with van der Waals surface area (Å²) in [5.74, 6) is 1.07.